The third-order valence-corrected chi connectivity index (χ3v) is 3.15. The largest absolute Gasteiger partial charge is 0.379 e. The van der Waals surface area contributed by atoms with E-state index >= 15 is 0 Å². The number of methoxy groups -OCH3 is 1. The van der Waals surface area contributed by atoms with E-state index in [1.54, 1.807) is 19.2 Å². The zero-order valence-electron chi connectivity index (χ0n) is 11.8. The summed E-state index contributed by atoms with van der Waals surface area (Å²) in [6, 6.07) is 7.10. The Labute approximate surface area is 110 Å². The van der Waals surface area contributed by atoms with E-state index in [1.165, 1.54) is 6.07 Å². The second-order valence-corrected chi connectivity index (χ2v) is 5.26. The molecule has 2 nitrogen and oxygen atoms in total. The number of likely N-dealkylation sites (N-methyl/N-ethyl adjacent to an activating group) is 1. The van der Waals surface area contributed by atoms with Crippen LogP contribution in [0.15, 0.2) is 24.3 Å². The summed E-state index contributed by atoms with van der Waals surface area (Å²) < 4.78 is 18.6. The van der Waals surface area contributed by atoms with Gasteiger partial charge in [0.15, 0.2) is 0 Å². The summed E-state index contributed by atoms with van der Waals surface area (Å²) in [7, 11) is 1.73. The number of halogens is 1. The lowest BCUT2D eigenvalue weighted by atomic mass is 9.94. The molecule has 0 saturated carbocycles. The summed E-state index contributed by atoms with van der Waals surface area (Å²) in [6.07, 6.45) is 1.71. The van der Waals surface area contributed by atoms with E-state index in [4.69, 9.17) is 4.74 Å². The lowest BCUT2D eigenvalue weighted by molar-refractivity contribution is 0.00726. The Kier molecular flexibility index (Phi) is 5.76. The van der Waals surface area contributed by atoms with E-state index in [1.807, 2.05) is 6.07 Å². The molecule has 1 aromatic rings. The first kappa shape index (κ1) is 15.1. The monoisotopic (exact) mass is 253 g/mol. The van der Waals surface area contributed by atoms with Crippen molar-refractivity contribution >= 4 is 0 Å². The first-order valence-corrected chi connectivity index (χ1v) is 6.50. The zero-order valence-corrected chi connectivity index (χ0v) is 11.8. The van der Waals surface area contributed by atoms with Gasteiger partial charge in [-0.2, -0.15) is 0 Å². The van der Waals surface area contributed by atoms with Crippen molar-refractivity contribution in [3.8, 4) is 0 Å². The van der Waals surface area contributed by atoms with Crippen molar-refractivity contribution in [1.29, 1.82) is 0 Å². The summed E-state index contributed by atoms with van der Waals surface area (Å²) in [5, 5.41) is 3.44. The maximum atomic E-state index is 13.2. The van der Waals surface area contributed by atoms with Crippen LogP contribution in [0.5, 0.6) is 0 Å². The molecule has 18 heavy (non-hydrogen) atoms. The Bertz CT molecular complexity index is 365. The van der Waals surface area contributed by atoms with E-state index < -0.39 is 0 Å². The highest BCUT2D eigenvalue weighted by atomic mass is 19.1. The average Bonchev–Trinajstić information content (AvgIpc) is 2.29. The minimum Gasteiger partial charge on any atom is -0.379 e. The molecule has 1 atom stereocenters. The zero-order chi connectivity index (χ0) is 13.6. The van der Waals surface area contributed by atoms with E-state index in [2.05, 4.69) is 26.1 Å². The van der Waals surface area contributed by atoms with Crippen molar-refractivity contribution in [2.75, 3.05) is 13.7 Å². The van der Waals surface area contributed by atoms with Crippen LogP contribution in [0.3, 0.4) is 0 Å². The van der Waals surface area contributed by atoms with Crippen LogP contribution in [0.1, 0.15) is 32.8 Å². The fourth-order valence-electron chi connectivity index (χ4n) is 2.13. The van der Waals surface area contributed by atoms with Crippen LogP contribution >= 0.6 is 0 Å². The van der Waals surface area contributed by atoms with Crippen molar-refractivity contribution < 1.29 is 9.13 Å². The van der Waals surface area contributed by atoms with Crippen LogP contribution in [0.25, 0.3) is 0 Å². The van der Waals surface area contributed by atoms with E-state index in [-0.39, 0.29) is 11.4 Å². The molecule has 0 aliphatic heterocycles. The van der Waals surface area contributed by atoms with Gasteiger partial charge in [0, 0.05) is 13.2 Å². The van der Waals surface area contributed by atoms with Crippen molar-refractivity contribution in [3.63, 3.8) is 0 Å². The highest BCUT2D eigenvalue weighted by Gasteiger charge is 2.22. The molecule has 0 amide bonds. The number of nitrogens with one attached hydrogen (secondary N) is 1. The Morgan fingerprint density at radius 1 is 1.39 bits per heavy atom. The smallest absolute Gasteiger partial charge is 0.123 e. The van der Waals surface area contributed by atoms with Crippen LogP contribution in [-0.4, -0.2) is 25.3 Å². The number of hydrogen-bond donors (Lipinski definition) is 1. The van der Waals surface area contributed by atoms with Crippen LogP contribution < -0.4 is 5.32 Å². The Morgan fingerprint density at radius 2 is 2.11 bits per heavy atom. The lowest BCUT2D eigenvalue weighted by Crippen LogP contribution is -2.39. The highest BCUT2D eigenvalue weighted by molar-refractivity contribution is 5.17. The molecule has 0 spiro atoms. The predicted octanol–water partition coefficient (Wildman–Crippen LogP) is 3.16. The summed E-state index contributed by atoms with van der Waals surface area (Å²) in [5.74, 6) is -0.172. The Morgan fingerprint density at radius 3 is 2.67 bits per heavy atom. The molecule has 1 N–H and O–H groups in total. The third kappa shape index (κ3) is 5.15. The summed E-state index contributed by atoms with van der Waals surface area (Å²) in [6.45, 7) is 7.13. The van der Waals surface area contributed by atoms with Gasteiger partial charge in [-0.1, -0.05) is 19.1 Å². The van der Waals surface area contributed by atoms with Gasteiger partial charge in [0.2, 0.25) is 0 Å². The first-order valence-electron chi connectivity index (χ1n) is 6.50. The molecule has 102 valence electrons. The maximum absolute atomic E-state index is 13.2. The molecule has 0 heterocycles. The summed E-state index contributed by atoms with van der Waals surface area (Å²) in [5.41, 5.74) is 0.855. The topological polar surface area (TPSA) is 21.3 Å². The van der Waals surface area contributed by atoms with Crippen LogP contribution in [-0.2, 0) is 11.2 Å². The molecule has 0 bridgehead atoms. The van der Waals surface area contributed by atoms with Crippen LogP contribution in [0, 0.1) is 5.82 Å². The van der Waals surface area contributed by atoms with E-state index in [9.17, 15) is 4.39 Å². The van der Waals surface area contributed by atoms with Gasteiger partial charge in [-0.15, -0.1) is 0 Å². The van der Waals surface area contributed by atoms with Gasteiger partial charge in [0.25, 0.3) is 0 Å². The average molecular weight is 253 g/mol. The van der Waals surface area contributed by atoms with Gasteiger partial charge in [-0.25, -0.2) is 4.39 Å². The lowest BCUT2D eigenvalue weighted by Gasteiger charge is -2.29. The number of rotatable bonds is 7. The molecule has 0 aliphatic rings. The molecule has 0 radical (unpaired) electrons. The molecule has 1 unspecified atom stereocenters. The van der Waals surface area contributed by atoms with Gasteiger partial charge < -0.3 is 10.1 Å². The van der Waals surface area contributed by atoms with Gasteiger partial charge in [-0.05, 0) is 50.9 Å². The van der Waals surface area contributed by atoms with Gasteiger partial charge >= 0.3 is 0 Å². The normalized spacial score (nSPS) is 13.6. The fourth-order valence-corrected chi connectivity index (χ4v) is 2.13. The molecule has 0 aromatic heterocycles. The molecule has 3 heteroatoms. The molecule has 0 saturated heterocycles. The standard InChI is InChI=1S/C15H24FNO/c1-5-17-14(11-15(2,3)18-4)10-12-7-6-8-13(16)9-12/h6-9,14,17H,5,10-11H2,1-4H3. The molecular formula is C15H24FNO. The first-order chi connectivity index (χ1) is 8.46. The van der Waals surface area contributed by atoms with Crippen molar-refractivity contribution in [1.82, 2.24) is 5.32 Å². The van der Waals surface area contributed by atoms with Gasteiger partial charge in [-0.3, -0.25) is 0 Å². The fraction of sp³-hybridized carbons (Fsp3) is 0.600. The molecular weight excluding hydrogens is 229 g/mol. The summed E-state index contributed by atoms with van der Waals surface area (Å²) in [4.78, 5) is 0. The Balaban J connectivity index is 2.68. The quantitative estimate of drug-likeness (QED) is 0.806. The van der Waals surface area contributed by atoms with Crippen LogP contribution in [0.2, 0.25) is 0 Å². The Hall–Kier alpha value is -0.930. The van der Waals surface area contributed by atoms with Gasteiger partial charge in [0.05, 0.1) is 5.60 Å². The number of benzene rings is 1. The minimum atomic E-state index is -0.172. The molecule has 1 rings (SSSR count). The molecule has 0 aliphatic carbocycles. The predicted molar refractivity (Wildman–Crippen MR) is 73.3 cm³/mol. The van der Waals surface area contributed by atoms with Crippen molar-refractivity contribution in [2.45, 2.75) is 45.3 Å². The van der Waals surface area contributed by atoms with Gasteiger partial charge in [0.1, 0.15) is 5.82 Å². The second kappa shape index (κ2) is 6.86. The molecule has 1 aromatic carbocycles. The molecule has 0 fully saturated rings. The van der Waals surface area contributed by atoms with Crippen LogP contribution in [0.4, 0.5) is 4.39 Å². The summed E-state index contributed by atoms with van der Waals surface area (Å²) >= 11 is 0. The number of ether oxygens (including phenoxy) is 1. The van der Waals surface area contributed by atoms with E-state index in [0.29, 0.717) is 6.04 Å². The number of hydrogen-bond acceptors (Lipinski definition) is 2. The van der Waals surface area contributed by atoms with Crippen molar-refractivity contribution in [3.05, 3.63) is 35.6 Å². The second-order valence-electron chi connectivity index (χ2n) is 5.26. The van der Waals surface area contributed by atoms with Crippen molar-refractivity contribution in [2.24, 2.45) is 0 Å². The van der Waals surface area contributed by atoms with E-state index in [0.717, 1.165) is 24.9 Å². The maximum Gasteiger partial charge on any atom is 0.123 e. The third-order valence-electron chi connectivity index (χ3n) is 3.15. The highest BCUT2D eigenvalue weighted by Crippen LogP contribution is 2.18. The SMILES string of the molecule is CCNC(Cc1cccc(F)c1)CC(C)(C)OC. The minimum absolute atomic E-state index is 0.167.